The topological polar surface area (TPSA) is 174 Å². The summed E-state index contributed by atoms with van der Waals surface area (Å²) in [5.41, 5.74) is 5.53. The molecular formula is C48H43BF6N4NaO7. The van der Waals surface area contributed by atoms with Crippen LogP contribution in [0, 0.1) is 0 Å². The first-order valence-electron chi connectivity index (χ1n) is 19.9. The number of Topliss-reactive ketones (excluding diaryl/α,β-unsaturated/α-hetero) is 1. The Hall–Kier alpha value is -5.99. The molecular weight excluding hydrogens is 892 g/mol. The smallest absolute Gasteiger partial charge is 1.00 e. The number of benzene rings is 6. The molecule has 0 aliphatic carbocycles. The number of alkyl halides is 6. The zero-order chi connectivity index (χ0) is 46.7. The van der Waals surface area contributed by atoms with Crippen LogP contribution in [0.2, 0.25) is 0 Å². The van der Waals surface area contributed by atoms with E-state index in [0.29, 0.717) is 50.9 Å². The Morgan fingerprint density at radius 2 is 1.06 bits per heavy atom. The molecule has 2 aromatic heterocycles. The summed E-state index contributed by atoms with van der Waals surface area (Å²) in [5.74, 6) is 1.26. The molecule has 2 heterocycles. The van der Waals surface area contributed by atoms with Gasteiger partial charge in [-0.15, -0.1) is 0 Å². The average Bonchev–Trinajstić information content (AvgIpc) is 3.93. The van der Waals surface area contributed by atoms with Crippen LogP contribution in [0.25, 0.3) is 44.3 Å². The number of nitrogens with zero attached hydrogens (tertiary/aromatic N) is 2. The summed E-state index contributed by atoms with van der Waals surface area (Å²) in [6.07, 6.45) is -9.77. The summed E-state index contributed by atoms with van der Waals surface area (Å²) in [7, 11) is 0. The van der Waals surface area contributed by atoms with Gasteiger partial charge in [-0.2, -0.15) is 26.3 Å². The Labute approximate surface area is 405 Å². The monoisotopic (exact) mass is 935 g/mol. The van der Waals surface area contributed by atoms with Crippen molar-refractivity contribution in [3.63, 3.8) is 0 Å². The van der Waals surface area contributed by atoms with Gasteiger partial charge in [0.25, 0.3) is 0 Å². The number of carbonyl (C=O) groups is 1. The van der Waals surface area contributed by atoms with Gasteiger partial charge in [0.05, 0.1) is 39.8 Å². The van der Waals surface area contributed by atoms with Crippen LogP contribution in [0.1, 0.15) is 53.2 Å². The molecule has 343 valence electrons. The second-order valence-corrected chi connectivity index (χ2v) is 14.2. The number of hydrogen-bond acceptors (Lipinski definition) is 9. The number of H-pyrrole nitrogens is 2. The van der Waals surface area contributed by atoms with Crippen LogP contribution in [0.15, 0.2) is 133 Å². The first-order chi connectivity index (χ1) is 31.1. The van der Waals surface area contributed by atoms with Gasteiger partial charge < -0.3 is 41.3 Å². The van der Waals surface area contributed by atoms with Crippen molar-refractivity contribution < 1.29 is 92.0 Å². The summed E-state index contributed by atoms with van der Waals surface area (Å²) < 4.78 is 87.0. The number of hydrogen-bond donors (Lipinski definition) is 6. The van der Waals surface area contributed by atoms with Crippen molar-refractivity contribution in [1.29, 1.82) is 0 Å². The second-order valence-electron chi connectivity index (χ2n) is 14.2. The fraction of sp³-hybridized carbons (Fsp3) is 0.188. The SMILES string of the molecule is CCO.O=C(CO)c1ccccc1-c1ccc2nc(COc3ccc(C(F)(F)F)cc3)[nH]c2c1.OCC(O)c1ccccc1-c1ccc2nc(COc3ccc(C(F)(F)F)cc3)[nH]c2c1.[B].[H-].[Na+]. The van der Waals surface area contributed by atoms with Crippen LogP contribution in [0.4, 0.5) is 26.3 Å². The third-order valence-electron chi connectivity index (χ3n) is 9.66. The van der Waals surface area contributed by atoms with E-state index in [1.54, 1.807) is 43.3 Å². The Morgan fingerprint density at radius 1 is 0.642 bits per heavy atom. The maximum Gasteiger partial charge on any atom is 1.00 e. The Kier molecular flexibility index (Phi) is 19.3. The predicted molar refractivity (Wildman–Crippen MR) is 238 cm³/mol. The number of halogens is 6. The van der Waals surface area contributed by atoms with Gasteiger partial charge in [-0.05, 0) is 108 Å². The normalized spacial score (nSPS) is 11.6. The summed E-state index contributed by atoms with van der Waals surface area (Å²) in [6, 6.07) is 34.2. The number of carbonyl (C=O) groups excluding carboxylic acids is 1. The number of rotatable bonds is 12. The van der Waals surface area contributed by atoms with E-state index in [1.165, 1.54) is 24.3 Å². The number of aromatic amines is 2. The first kappa shape index (κ1) is 53.6. The summed E-state index contributed by atoms with van der Waals surface area (Å²) in [4.78, 5) is 27.2. The molecule has 0 aliphatic heterocycles. The van der Waals surface area contributed by atoms with Gasteiger partial charge >= 0.3 is 41.9 Å². The van der Waals surface area contributed by atoms with E-state index in [1.807, 2.05) is 48.5 Å². The van der Waals surface area contributed by atoms with Crippen LogP contribution >= 0.6 is 0 Å². The minimum atomic E-state index is -4.39. The fourth-order valence-electron chi connectivity index (χ4n) is 6.59. The zero-order valence-electron chi connectivity index (χ0n) is 37.1. The molecule has 0 saturated heterocycles. The van der Waals surface area contributed by atoms with Gasteiger partial charge in [-0.1, -0.05) is 60.7 Å². The van der Waals surface area contributed by atoms with Gasteiger partial charge in [0, 0.05) is 20.6 Å². The molecule has 6 aromatic carbocycles. The van der Waals surface area contributed by atoms with E-state index >= 15 is 0 Å². The van der Waals surface area contributed by atoms with Crippen LogP contribution < -0.4 is 39.0 Å². The van der Waals surface area contributed by atoms with Crippen LogP contribution in [0.3, 0.4) is 0 Å². The molecule has 1 unspecified atom stereocenters. The van der Waals surface area contributed by atoms with E-state index in [9.17, 15) is 46.5 Å². The Morgan fingerprint density at radius 3 is 1.49 bits per heavy atom. The van der Waals surface area contributed by atoms with Crippen molar-refractivity contribution in [3.05, 3.63) is 167 Å². The molecule has 3 radical (unpaired) electrons. The summed E-state index contributed by atoms with van der Waals surface area (Å²) >= 11 is 0. The van der Waals surface area contributed by atoms with E-state index in [4.69, 9.17) is 14.6 Å². The summed E-state index contributed by atoms with van der Waals surface area (Å²) in [5, 5.41) is 36.2. The number of aliphatic hydroxyl groups is 4. The van der Waals surface area contributed by atoms with Crippen molar-refractivity contribution >= 4 is 36.3 Å². The first-order valence-corrected chi connectivity index (χ1v) is 19.9. The third kappa shape index (κ3) is 14.0. The second kappa shape index (κ2) is 24.2. The number of aliphatic hydroxyl groups excluding tert-OH is 4. The van der Waals surface area contributed by atoms with E-state index < -0.39 is 36.2 Å². The van der Waals surface area contributed by atoms with Crippen molar-refractivity contribution in [3.8, 4) is 33.8 Å². The van der Waals surface area contributed by atoms with Crippen LogP contribution in [-0.2, 0) is 25.6 Å². The minimum absolute atomic E-state index is 0. The maximum absolute atomic E-state index is 12.7. The van der Waals surface area contributed by atoms with E-state index in [2.05, 4.69) is 19.9 Å². The predicted octanol–water partition coefficient (Wildman–Crippen LogP) is 6.59. The Bertz CT molecular complexity index is 2850. The fourth-order valence-corrected chi connectivity index (χ4v) is 6.59. The average molecular weight is 936 g/mol. The number of nitrogens with one attached hydrogen (secondary N) is 2. The number of ketones is 1. The van der Waals surface area contributed by atoms with Crippen LogP contribution in [0.5, 0.6) is 11.5 Å². The molecule has 0 fully saturated rings. The molecule has 1 atom stereocenters. The molecule has 0 spiro atoms. The third-order valence-corrected chi connectivity index (χ3v) is 9.66. The van der Waals surface area contributed by atoms with Crippen molar-refractivity contribution in [2.45, 2.75) is 38.6 Å². The summed E-state index contributed by atoms with van der Waals surface area (Å²) in [6.45, 7) is 1.09. The number of imidazole rings is 2. The van der Waals surface area contributed by atoms with Crippen LogP contribution in [-0.4, -0.2) is 74.4 Å². The molecule has 19 heteroatoms. The number of fused-ring (bicyclic) bond motifs is 2. The minimum Gasteiger partial charge on any atom is -1.00 e. The van der Waals surface area contributed by atoms with Crippen molar-refractivity contribution in [1.82, 2.24) is 19.9 Å². The van der Waals surface area contributed by atoms with Crippen molar-refractivity contribution in [2.24, 2.45) is 0 Å². The molecule has 0 bridgehead atoms. The molecule has 0 saturated carbocycles. The number of ether oxygens (including phenoxy) is 2. The molecule has 8 aromatic rings. The van der Waals surface area contributed by atoms with Gasteiger partial charge in [-0.25, -0.2) is 9.97 Å². The van der Waals surface area contributed by atoms with E-state index in [-0.39, 0.29) is 71.6 Å². The van der Waals surface area contributed by atoms with Crippen molar-refractivity contribution in [2.75, 3.05) is 19.8 Å². The quantitative estimate of drug-likeness (QED) is 0.0449. The number of aromatic nitrogens is 4. The van der Waals surface area contributed by atoms with Gasteiger partial charge in [0.1, 0.15) is 49.1 Å². The standard InChI is InChI=1S/C23H19F3N2O3.C23H17F3N2O3.C2H6O.B.Na.H/c2*24-23(25,26)15-6-8-16(9-7-15)31-13-22-27-19-10-5-14(11-20(19)28-22)17-3-1-2-4-18(17)21(30)12-29;1-2-3;;;/h1-11,21,29-30H,12-13H2,(H,27,28);1-11,29H,12-13H2,(H,27,28);3H,2H2,1H3;;;/q;;;;+1;-1. The molecule has 11 nitrogen and oxygen atoms in total. The van der Waals surface area contributed by atoms with Gasteiger partial charge in [0.2, 0.25) is 0 Å². The van der Waals surface area contributed by atoms with Gasteiger partial charge in [0.15, 0.2) is 5.78 Å². The Balaban J connectivity index is 0.000000327. The largest absolute Gasteiger partial charge is 1.00 e. The molecule has 8 rings (SSSR count). The zero-order valence-corrected chi connectivity index (χ0v) is 38.1. The van der Waals surface area contributed by atoms with E-state index in [0.717, 1.165) is 52.0 Å². The maximum atomic E-state index is 12.7. The van der Waals surface area contributed by atoms with Gasteiger partial charge in [-0.3, -0.25) is 4.79 Å². The molecule has 6 N–H and O–H groups in total. The molecule has 0 amide bonds. The molecule has 0 aliphatic rings. The molecule has 67 heavy (non-hydrogen) atoms.